The van der Waals surface area contributed by atoms with E-state index < -0.39 is 31.2 Å². The number of alkyl halides is 3. The summed E-state index contributed by atoms with van der Waals surface area (Å²) in [6, 6.07) is 11.3. The van der Waals surface area contributed by atoms with E-state index in [0.29, 0.717) is 6.61 Å². The van der Waals surface area contributed by atoms with Gasteiger partial charge in [-0.1, -0.05) is 99.3 Å². The van der Waals surface area contributed by atoms with E-state index in [1.807, 2.05) is 51.1 Å². The van der Waals surface area contributed by atoms with Crippen LogP contribution in [0, 0.1) is 21.7 Å². The van der Waals surface area contributed by atoms with Crippen molar-refractivity contribution in [1.82, 2.24) is 0 Å². The molecule has 0 bridgehead atoms. The Kier molecular flexibility index (Phi) is 18.7. The molecule has 0 heterocycles. The third-order valence-electron chi connectivity index (χ3n) is 7.71. The number of rotatable bonds is 11. The molecule has 47 heavy (non-hydrogen) atoms. The van der Waals surface area contributed by atoms with Gasteiger partial charge >= 0.3 is 18.1 Å². The van der Waals surface area contributed by atoms with Crippen molar-refractivity contribution in [3.8, 4) is 5.75 Å². The minimum absolute atomic E-state index is 0.0550. The molecule has 0 aliphatic rings. The first kappa shape index (κ1) is 47.1. The Bertz CT molecular complexity index is 1040. The molecule has 0 spiro atoms. The number of carbonyl (C=O) groups excluding carboxylic acids is 2. The van der Waals surface area contributed by atoms with Gasteiger partial charge in [-0.05, 0) is 90.2 Å². The smallest absolute Gasteiger partial charge is 0.404 e. The molecular weight excluding hydrogens is 621 g/mol. The summed E-state index contributed by atoms with van der Waals surface area (Å²) in [4.78, 5) is 23.0. The maximum absolute atomic E-state index is 12.6. The van der Waals surface area contributed by atoms with Crippen LogP contribution in [-0.2, 0) is 19.1 Å². The summed E-state index contributed by atoms with van der Waals surface area (Å²) < 4.78 is 54.1. The van der Waals surface area contributed by atoms with Crippen molar-refractivity contribution in [3.63, 3.8) is 0 Å². The molecule has 2 atom stereocenters. The molecule has 0 aliphatic heterocycles. The van der Waals surface area contributed by atoms with E-state index >= 15 is 0 Å². The fourth-order valence-electron chi connectivity index (χ4n) is 3.70. The van der Waals surface area contributed by atoms with E-state index in [9.17, 15) is 22.8 Å². The highest BCUT2D eigenvalue weighted by molar-refractivity contribution is 6.76. The lowest BCUT2D eigenvalue weighted by molar-refractivity contribution is -0.236. The first-order chi connectivity index (χ1) is 20.8. The lowest BCUT2D eigenvalue weighted by atomic mass is 9.78. The molecule has 0 radical (unpaired) electrons. The molecular formula is C38H69F3O5Si. The van der Waals surface area contributed by atoms with Crippen molar-refractivity contribution in [1.29, 1.82) is 0 Å². The summed E-state index contributed by atoms with van der Waals surface area (Å²) >= 11 is 0. The highest BCUT2D eigenvalue weighted by atomic mass is 28.3. The van der Waals surface area contributed by atoms with Crippen LogP contribution in [0.2, 0.25) is 25.7 Å². The Hall–Kier alpha value is -2.03. The molecule has 5 nitrogen and oxygen atoms in total. The summed E-state index contributed by atoms with van der Waals surface area (Å²) in [5.41, 5.74) is -3.20. The van der Waals surface area contributed by atoms with E-state index in [2.05, 4.69) is 61.2 Å². The zero-order chi connectivity index (χ0) is 37.7. The molecule has 0 N–H and O–H groups in total. The number of hydrogen-bond donors (Lipinski definition) is 0. The maximum Gasteiger partial charge on any atom is 0.404 e. The zero-order valence-electron chi connectivity index (χ0n) is 32.9. The van der Waals surface area contributed by atoms with Crippen molar-refractivity contribution in [2.75, 3.05) is 6.61 Å². The third kappa shape index (κ3) is 20.8. The fraction of sp³-hybridized carbons (Fsp3) is 0.789. The number of ether oxygens (including phenoxy) is 3. The van der Waals surface area contributed by atoms with Crippen LogP contribution in [0.4, 0.5) is 13.2 Å². The van der Waals surface area contributed by atoms with Gasteiger partial charge in [-0.25, -0.2) is 0 Å². The summed E-state index contributed by atoms with van der Waals surface area (Å²) in [6.45, 7) is 33.8. The molecule has 2 unspecified atom stereocenters. The minimum atomic E-state index is -4.58. The standard InChI is InChI=1S/C16H26O.C12H26O2Si.C10H17F3O2/c1-15(2,3)12-14(16(4,5)6)17-13-10-8-7-9-11-13;1-7-12(2,3)11(13)14-9-8-10-15(4,5)6;1-6-9(5,10(11,12)13)7(14)15-8(2,3)4/h7-11,14H,12H2,1-6H3;7-10H2,1-6H3;6H2,1-5H3. The molecule has 1 rings (SSSR count). The van der Waals surface area contributed by atoms with E-state index in [4.69, 9.17) is 14.2 Å². The van der Waals surface area contributed by atoms with Crippen LogP contribution < -0.4 is 4.74 Å². The average Bonchev–Trinajstić information content (AvgIpc) is 2.88. The van der Waals surface area contributed by atoms with E-state index in [-0.39, 0.29) is 34.7 Å². The number of para-hydroxylation sites is 1. The predicted molar refractivity (Wildman–Crippen MR) is 192 cm³/mol. The molecule has 0 saturated carbocycles. The van der Waals surface area contributed by atoms with Crippen molar-refractivity contribution in [2.45, 2.75) is 166 Å². The minimum Gasteiger partial charge on any atom is -0.490 e. The van der Waals surface area contributed by atoms with E-state index in [1.165, 1.54) is 33.7 Å². The van der Waals surface area contributed by atoms with Gasteiger partial charge in [-0.2, -0.15) is 13.2 Å². The van der Waals surface area contributed by atoms with Crippen molar-refractivity contribution >= 4 is 20.0 Å². The summed E-state index contributed by atoms with van der Waals surface area (Å²) in [5, 5.41) is 0. The Balaban J connectivity index is 0. The number of esters is 2. The highest BCUT2D eigenvalue weighted by Gasteiger charge is 2.57. The summed E-state index contributed by atoms with van der Waals surface area (Å²) in [5.74, 6) is -0.303. The van der Waals surface area contributed by atoms with Crippen LogP contribution in [0.3, 0.4) is 0 Å². The molecule has 0 fully saturated rings. The molecule has 0 amide bonds. The van der Waals surface area contributed by atoms with Gasteiger partial charge in [0.2, 0.25) is 0 Å². The molecule has 0 saturated heterocycles. The van der Waals surface area contributed by atoms with Crippen molar-refractivity contribution < 1.29 is 37.0 Å². The second-order valence-electron chi connectivity index (χ2n) is 17.8. The van der Waals surface area contributed by atoms with Crippen molar-refractivity contribution in [2.24, 2.45) is 21.7 Å². The molecule has 1 aromatic carbocycles. The van der Waals surface area contributed by atoms with Crippen LogP contribution in [0.25, 0.3) is 0 Å². The van der Waals surface area contributed by atoms with Gasteiger partial charge in [0.25, 0.3) is 0 Å². The first-order valence-corrected chi connectivity index (χ1v) is 20.7. The topological polar surface area (TPSA) is 61.8 Å². The Morgan fingerprint density at radius 2 is 1.26 bits per heavy atom. The Morgan fingerprint density at radius 1 is 0.766 bits per heavy atom. The maximum atomic E-state index is 12.6. The fourth-order valence-corrected chi connectivity index (χ4v) is 4.91. The summed E-state index contributed by atoms with van der Waals surface area (Å²) in [6.07, 6.45) is -1.76. The van der Waals surface area contributed by atoms with Gasteiger partial charge in [0.1, 0.15) is 17.5 Å². The molecule has 0 aliphatic carbocycles. The normalized spacial score (nSPS) is 14.7. The lowest BCUT2D eigenvalue weighted by Gasteiger charge is -2.35. The van der Waals surface area contributed by atoms with Gasteiger partial charge < -0.3 is 14.2 Å². The lowest BCUT2D eigenvalue weighted by Crippen LogP contribution is -2.45. The van der Waals surface area contributed by atoms with Gasteiger partial charge in [0.05, 0.1) is 12.0 Å². The third-order valence-corrected chi connectivity index (χ3v) is 9.56. The zero-order valence-corrected chi connectivity index (χ0v) is 33.9. The average molecular weight is 691 g/mol. The second-order valence-corrected chi connectivity index (χ2v) is 23.4. The van der Waals surface area contributed by atoms with Crippen LogP contribution >= 0.6 is 0 Å². The van der Waals surface area contributed by atoms with E-state index in [1.54, 1.807) is 0 Å². The molecule has 9 heteroatoms. The van der Waals surface area contributed by atoms with Gasteiger partial charge in [-0.3, -0.25) is 9.59 Å². The highest BCUT2D eigenvalue weighted by Crippen LogP contribution is 2.42. The van der Waals surface area contributed by atoms with Crippen LogP contribution in [-0.4, -0.2) is 44.5 Å². The van der Waals surface area contributed by atoms with Crippen molar-refractivity contribution in [3.05, 3.63) is 30.3 Å². The van der Waals surface area contributed by atoms with Gasteiger partial charge in [0.15, 0.2) is 5.41 Å². The van der Waals surface area contributed by atoms with Crippen LogP contribution in [0.5, 0.6) is 5.75 Å². The molecule has 1 aromatic rings. The van der Waals surface area contributed by atoms with Crippen LogP contribution in [0.1, 0.15) is 123 Å². The number of hydrogen-bond acceptors (Lipinski definition) is 5. The molecule has 276 valence electrons. The Labute approximate surface area is 287 Å². The SMILES string of the molecule is CC(C)(C)CC(Oc1ccccc1)C(C)(C)C.CCC(C)(C(=O)OC(C)(C)C)C(F)(F)F.CCC(C)(C)C(=O)OCCC[Si](C)(C)C. The number of benzene rings is 1. The predicted octanol–water partition coefficient (Wildman–Crippen LogP) is 11.9. The van der Waals surface area contributed by atoms with E-state index in [0.717, 1.165) is 31.9 Å². The number of carbonyl (C=O) groups is 2. The quantitative estimate of drug-likeness (QED) is 0.131. The monoisotopic (exact) mass is 690 g/mol. The summed E-state index contributed by atoms with van der Waals surface area (Å²) in [7, 11) is -0.975. The Morgan fingerprint density at radius 3 is 1.60 bits per heavy atom. The van der Waals surface area contributed by atoms with Gasteiger partial charge in [-0.15, -0.1) is 0 Å². The largest absolute Gasteiger partial charge is 0.490 e. The van der Waals surface area contributed by atoms with Gasteiger partial charge in [0, 0.05) is 8.07 Å². The first-order valence-electron chi connectivity index (χ1n) is 17.0. The van der Waals surface area contributed by atoms with Crippen LogP contribution in [0.15, 0.2) is 30.3 Å². The molecule has 0 aromatic heterocycles. The second kappa shape index (κ2) is 18.7. The number of halogens is 3.